The Hall–Kier alpha value is -4.22. The summed E-state index contributed by atoms with van der Waals surface area (Å²) in [6.45, 7) is 8.13. The van der Waals surface area contributed by atoms with Crippen LogP contribution in [0.3, 0.4) is 0 Å². The second-order valence-electron chi connectivity index (χ2n) is 10.8. The van der Waals surface area contributed by atoms with Gasteiger partial charge in [0.25, 0.3) is 5.91 Å². The Kier molecular flexibility index (Phi) is 8.42. The second-order valence-corrected chi connectivity index (χ2v) is 10.8. The van der Waals surface area contributed by atoms with Gasteiger partial charge in [-0.25, -0.2) is 4.98 Å². The van der Waals surface area contributed by atoms with Crippen LogP contribution in [0.1, 0.15) is 53.6 Å². The van der Waals surface area contributed by atoms with E-state index in [-0.39, 0.29) is 17.9 Å². The van der Waals surface area contributed by atoms with E-state index in [1.807, 2.05) is 48.2 Å². The summed E-state index contributed by atoms with van der Waals surface area (Å²) < 4.78 is 2.29. The minimum atomic E-state index is -0.225. The van der Waals surface area contributed by atoms with Crippen molar-refractivity contribution in [1.29, 1.82) is 0 Å². The van der Waals surface area contributed by atoms with E-state index in [9.17, 15) is 4.79 Å². The maximum absolute atomic E-state index is 14.1. The molecule has 0 saturated heterocycles. The summed E-state index contributed by atoms with van der Waals surface area (Å²) in [5, 5.41) is 0. The minimum Gasteiger partial charge on any atom is -0.330 e. The molecule has 0 spiro atoms. The Morgan fingerprint density at radius 1 is 0.875 bits per heavy atom. The number of nitrogens with two attached hydrogens (primary N) is 1. The number of hydrogen-bond acceptors (Lipinski definition) is 3. The van der Waals surface area contributed by atoms with Crippen molar-refractivity contribution < 1.29 is 4.79 Å². The lowest BCUT2D eigenvalue weighted by Gasteiger charge is -2.34. The molecule has 1 heterocycles. The number of fused-ring (bicyclic) bond motifs is 1. The van der Waals surface area contributed by atoms with Gasteiger partial charge in [0.1, 0.15) is 5.82 Å². The van der Waals surface area contributed by atoms with Gasteiger partial charge in [-0.2, -0.15) is 0 Å². The molecule has 0 fully saturated rings. The van der Waals surface area contributed by atoms with E-state index in [0.717, 1.165) is 40.0 Å². The van der Waals surface area contributed by atoms with E-state index in [1.54, 1.807) is 0 Å². The average molecular weight is 531 g/mol. The molecule has 0 aliphatic rings. The molecule has 0 saturated carbocycles. The van der Waals surface area contributed by atoms with Gasteiger partial charge in [-0.1, -0.05) is 98.3 Å². The topological polar surface area (TPSA) is 64.2 Å². The van der Waals surface area contributed by atoms with Crippen LogP contribution in [-0.4, -0.2) is 33.4 Å². The van der Waals surface area contributed by atoms with E-state index in [0.29, 0.717) is 25.2 Å². The molecule has 5 aromatic rings. The van der Waals surface area contributed by atoms with Gasteiger partial charge >= 0.3 is 0 Å². The zero-order chi connectivity index (χ0) is 28.1. The number of aryl methyl sites for hydroxylation is 1. The predicted octanol–water partition coefficient (Wildman–Crippen LogP) is 7.25. The minimum absolute atomic E-state index is 0.00967. The van der Waals surface area contributed by atoms with Crippen molar-refractivity contribution >= 4 is 16.9 Å². The Balaban J connectivity index is 1.66. The van der Waals surface area contributed by atoms with Gasteiger partial charge < -0.3 is 15.2 Å². The molecule has 0 bridgehead atoms. The fourth-order valence-electron chi connectivity index (χ4n) is 5.40. The van der Waals surface area contributed by atoms with Crippen LogP contribution in [0, 0.1) is 12.8 Å². The second kappa shape index (κ2) is 12.3. The quantitative estimate of drug-likeness (QED) is 0.207. The lowest BCUT2D eigenvalue weighted by molar-refractivity contribution is 0.0605. The number of benzene rings is 4. The zero-order valence-electron chi connectivity index (χ0n) is 23.6. The van der Waals surface area contributed by atoms with E-state index in [2.05, 4.69) is 85.1 Å². The molecule has 4 aromatic carbocycles. The largest absolute Gasteiger partial charge is 0.330 e. The number of aromatic nitrogens is 2. The van der Waals surface area contributed by atoms with Crippen molar-refractivity contribution in [3.63, 3.8) is 0 Å². The molecule has 0 radical (unpaired) electrons. The molecule has 0 aliphatic carbocycles. The number of hydrogen-bond donors (Lipinski definition) is 1. The van der Waals surface area contributed by atoms with Gasteiger partial charge in [0.15, 0.2) is 0 Å². The Bertz CT molecular complexity index is 1560. The summed E-state index contributed by atoms with van der Waals surface area (Å²) >= 11 is 0. The molecule has 204 valence electrons. The molecule has 40 heavy (non-hydrogen) atoms. The van der Waals surface area contributed by atoms with Crippen LogP contribution >= 0.6 is 0 Å². The number of nitrogens with zero attached hydrogens (tertiary/aromatic N) is 3. The first-order chi connectivity index (χ1) is 19.5. The van der Waals surface area contributed by atoms with Crippen molar-refractivity contribution in [1.82, 2.24) is 14.5 Å². The average Bonchev–Trinajstić information content (AvgIpc) is 3.32. The maximum atomic E-state index is 14.1. The van der Waals surface area contributed by atoms with E-state index in [4.69, 9.17) is 10.7 Å². The number of carbonyl (C=O) groups is 1. The third-order valence-electron chi connectivity index (χ3n) is 7.46. The SMILES string of the molecule is Cc1ccc(C(=O)N(CCCN)[C@@H](c2nc3cc(-c4ccccc4)ccc3n2Cc2ccccc2)C(C)C)cc1. The number of imidazole rings is 1. The first-order valence-electron chi connectivity index (χ1n) is 14.1. The molecule has 5 rings (SSSR count). The van der Waals surface area contributed by atoms with Gasteiger partial charge in [-0.15, -0.1) is 0 Å². The lowest BCUT2D eigenvalue weighted by Crippen LogP contribution is -2.40. The standard InChI is InChI=1S/C35H38N4O/c1-25(2)33(38(22-10-21-36)35(40)29-17-15-26(3)16-18-29)34-37-31-23-30(28-13-8-5-9-14-28)19-20-32(31)39(34)24-27-11-6-4-7-12-27/h4-9,11-20,23,25,33H,10,21-22,24,36H2,1-3H3/t33-/m1/s1. The highest BCUT2D eigenvalue weighted by molar-refractivity contribution is 5.94. The van der Waals surface area contributed by atoms with E-state index < -0.39 is 0 Å². The molecule has 0 unspecified atom stereocenters. The van der Waals surface area contributed by atoms with Crippen molar-refractivity contribution in [2.75, 3.05) is 13.1 Å². The van der Waals surface area contributed by atoms with Gasteiger partial charge in [0, 0.05) is 18.7 Å². The van der Waals surface area contributed by atoms with Crippen LogP contribution in [0.2, 0.25) is 0 Å². The van der Waals surface area contributed by atoms with Crippen LogP contribution < -0.4 is 5.73 Å². The van der Waals surface area contributed by atoms with Crippen LogP contribution in [-0.2, 0) is 6.54 Å². The van der Waals surface area contributed by atoms with E-state index >= 15 is 0 Å². The van der Waals surface area contributed by atoms with Crippen molar-refractivity contribution in [2.24, 2.45) is 11.7 Å². The number of carbonyl (C=O) groups excluding carboxylic acids is 1. The van der Waals surface area contributed by atoms with Gasteiger partial charge in [0.2, 0.25) is 0 Å². The van der Waals surface area contributed by atoms with Crippen molar-refractivity contribution in [2.45, 2.75) is 39.8 Å². The number of amides is 1. The normalized spacial score (nSPS) is 12.1. The molecule has 5 nitrogen and oxygen atoms in total. The molecule has 5 heteroatoms. The highest BCUT2D eigenvalue weighted by atomic mass is 16.2. The highest BCUT2D eigenvalue weighted by Crippen LogP contribution is 2.34. The molecular formula is C35H38N4O. The lowest BCUT2D eigenvalue weighted by atomic mass is 9.99. The van der Waals surface area contributed by atoms with E-state index in [1.165, 1.54) is 5.56 Å². The van der Waals surface area contributed by atoms with Crippen molar-refractivity contribution in [3.8, 4) is 11.1 Å². The van der Waals surface area contributed by atoms with Gasteiger partial charge in [-0.3, -0.25) is 4.79 Å². The third kappa shape index (κ3) is 5.85. The molecule has 0 aliphatic heterocycles. The maximum Gasteiger partial charge on any atom is 0.254 e. The van der Waals surface area contributed by atoms with Gasteiger partial charge in [-0.05, 0) is 66.8 Å². The van der Waals surface area contributed by atoms with Crippen LogP contribution in [0.4, 0.5) is 0 Å². The summed E-state index contributed by atoms with van der Waals surface area (Å²) in [7, 11) is 0. The number of rotatable bonds is 10. The fourth-order valence-corrected chi connectivity index (χ4v) is 5.40. The molecular weight excluding hydrogens is 492 g/mol. The highest BCUT2D eigenvalue weighted by Gasteiger charge is 2.32. The fraction of sp³-hybridized carbons (Fsp3) is 0.257. The molecule has 1 atom stereocenters. The first-order valence-corrected chi connectivity index (χ1v) is 14.1. The summed E-state index contributed by atoms with van der Waals surface area (Å²) in [5.74, 6) is 1.04. The molecule has 2 N–H and O–H groups in total. The summed E-state index contributed by atoms with van der Waals surface area (Å²) in [6, 6.07) is 34.9. The Labute approximate surface area is 237 Å². The molecule has 1 amide bonds. The Morgan fingerprint density at radius 2 is 1.55 bits per heavy atom. The van der Waals surface area contributed by atoms with Crippen molar-refractivity contribution in [3.05, 3.63) is 126 Å². The van der Waals surface area contributed by atoms with Crippen LogP contribution in [0.5, 0.6) is 0 Å². The predicted molar refractivity (Wildman–Crippen MR) is 164 cm³/mol. The van der Waals surface area contributed by atoms with Crippen LogP contribution in [0.25, 0.3) is 22.2 Å². The summed E-state index contributed by atoms with van der Waals surface area (Å²) in [6.07, 6.45) is 0.720. The third-order valence-corrected chi connectivity index (χ3v) is 7.46. The summed E-state index contributed by atoms with van der Waals surface area (Å²) in [5.41, 5.74) is 13.2. The molecule has 1 aromatic heterocycles. The first kappa shape index (κ1) is 27.4. The monoisotopic (exact) mass is 530 g/mol. The Morgan fingerprint density at radius 3 is 2.20 bits per heavy atom. The van der Waals surface area contributed by atoms with Crippen LogP contribution in [0.15, 0.2) is 103 Å². The van der Waals surface area contributed by atoms with Gasteiger partial charge in [0.05, 0.1) is 17.1 Å². The smallest absolute Gasteiger partial charge is 0.254 e. The summed E-state index contributed by atoms with van der Waals surface area (Å²) in [4.78, 5) is 21.3. The zero-order valence-corrected chi connectivity index (χ0v) is 23.6.